The van der Waals surface area contributed by atoms with Crippen molar-refractivity contribution >= 4 is 31.6 Å². The van der Waals surface area contributed by atoms with Crippen LogP contribution in [0.25, 0.3) is 0 Å². The fourth-order valence-corrected chi connectivity index (χ4v) is 3.37. The van der Waals surface area contributed by atoms with E-state index in [1.54, 1.807) is 6.07 Å². The van der Waals surface area contributed by atoms with Crippen molar-refractivity contribution in [3.05, 3.63) is 28.5 Å². The molecule has 3 nitrogen and oxygen atoms in total. The Kier molecular flexibility index (Phi) is 2.72. The van der Waals surface area contributed by atoms with Gasteiger partial charge in [-0.05, 0) is 40.5 Å². The van der Waals surface area contributed by atoms with E-state index in [0.29, 0.717) is 23.1 Å². The Morgan fingerprint density at radius 1 is 1.40 bits per heavy atom. The molecule has 0 amide bonds. The molecule has 0 N–H and O–H groups in total. The molecule has 0 bridgehead atoms. The summed E-state index contributed by atoms with van der Waals surface area (Å²) >= 11 is 3.02. The van der Waals surface area contributed by atoms with Crippen molar-refractivity contribution in [2.75, 3.05) is 16.6 Å². The predicted molar refractivity (Wildman–Crippen MR) is 59.8 cm³/mol. The lowest BCUT2D eigenvalue weighted by Gasteiger charge is -2.16. The summed E-state index contributed by atoms with van der Waals surface area (Å²) < 4.78 is 37.9. The number of hydrogen-bond acceptors (Lipinski definition) is 2. The van der Waals surface area contributed by atoms with Gasteiger partial charge >= 0.3 is 0 Å². The maximum Gasteiger partial charge on any atom is 0.235 e. The van der Waals surface area contributed by atoms with Crippen LogP contribution in [0.1, 0.15) is 6.42 Å². The van der Waals surface area contributed by atoms with Crippen molar-refractivity contribution < 1.29 is 12.8 Å². The summed E-state index contributed by atoms with van der Waals surface area (Å²) in [6.07, 6.45) is 0.597. The number of halogens is 2. The average molecular weight is 294 g/mol. The Hall–Kier alpha value is -0.620. The summed E-state index contributed by atoms with van der Waals surface area (Å²) in [5.74, 6) is -0.306. The molecule has 0 unspecified atom stereocenters. The van der Waals surface area contributed by atoms with Crippen LogP contribution in [0.3, 0.4) is 0 Å². The Balaban J connectivity index is 2.42. The van der Waals surface area contributed by atoms with Crippen LogP contribution >= 0.6 is 15.9 Å². The van der Waals surface area contributed by atoms with E-state index in [2.05, 4.69) is 15.9 Å². The molecular formula is C9H9BrFNO2S. The van der Waals surface area contributed by atoms with Gasteiger partial charge in [0.1, 0.15) is 5.82 Å². The maximum atomic E-state index is 13.2. The highest BCUT2D eigenvalue weighted by molar-refractivity contribution is 9.10. The summed E-state index contributed by atoms with van der Waals surface area (Å²) in [5.41, 5.74) is 0.396. The van der Waals surface area contributed by atoms with E-state index < -0.39 is 15.8 Å². The molecule has 1 aliphatic heterocycles. The van der Waals surface area contributed by atoms with E-state index in [9.17, 15) is 12.8 Å². The van der Waals surface area contributed by atoms with Gasteiger partial charge in [0.2, 0.25) is 10.0 Å². The third kappa shape index (κ3) is 2.01. The minimum Gasteiger partial charge on any atom is -0.270 e. The van der Waals surface area contributed by atoms with E-state index in [0.717, 1.165) is 0 Å². The van der Waals surface area contributed by atoms with Gasteiger partial charge in [-0.1, -0.05) is 0 Å². The Morgan fingerprint density at radius 2 is 2.13 bits per heavy atom. The average Bonchev–Trinajstić information content (AvgIpc) is 2.50. The van der Waals surface area contributed by atoms with E-state index in [4.69, 9.17) is 0 Å². The number of rotatable bonds is 1. The number of nitrogens with zero attached hydrogens (tertiary/aromatic N) is 1. The molecule has 0 atom stereocenters. The molecule has 1 aromatic rings. The zero-order valence-electron chi connectivity index (χ0n) is 7.78. The lowest BCUT2D eigenvalue weighted by atomic mass is 10.3. The molecule has 0 radical (unpaired) electrons. The molecule has 1 aromatic carbocycles. The molecule has 0 aromatic heterocycles. The normalized spacial score (nSPS) is 19.5. The minimum absolute atomic E-state index is 0.144. The van der Waals surface area contributed by atoms with Crippen molar-refractivity contribution in [3.8, 4) is 0 Å². The first-order valence-electron chi connectivity index (χ1n) is 4.46. The molecule has 0 aliphatic carbocycles. The van der Waals surface area contributed by atoms with Gasteiger partial charge in [0.05, 0.1) is 15.9 Å². The van der Waals surface area contributed by atoms with Gasteiger partial charge in [-0.15, -0.1) is 0 Å². The molecule has 1 aliphatic rings. The monoisotopic (exact) mass is 293 g/mol. The van der Waals surface area contributed by atoms with Crippen molar-refractivity contribution in [2.45, 2.75) is 6.42 Å². The van der Waals surface area contributed by atoms with Crippen LogP contribution in [-0.2, 0) is 10.0 Å². The van der Waals surface area contributed by atoms with Crippen molar-refractivity contribution in [2.24, 2.45) is 0 Å². The van der Waals surface area contributed by atoms with Gasteiger partial charge in [0, 0.05) is 6.54 Å². The zero-order chi connectivity index (χ0) is 11.1. The number of sulfonamides is 1. The fraction of sp³-hybridized carbons (Fsp3) is 0.333. The smallest absolute Gasteiger partial charge is 0.235 e. The molecular weight excluding hydrogens is 285 g/mol. The molecule has 1 fully saturated rings. The van der Waals surface area contributed by atoms with Gasteiger partial charge < -0.3 is 0 Å². The third-order valence-electron chi connectivity index (χ3n) is 2.29. The van der Waals surface area contributed by atoms with Crippen LogP contribution in [0.5, 0.6) is 0 Å². The highest BCUT2D eigenvalue weighted by Gasteiger charge is 2.28. The van der Waals surface area contributed by atoms with E-state index in [1.807, 2.05) is 0 Å². The first kappa shape index (κ1) is 10.9. The minimum atomic E-state index is -3.22. The summed E-state index contributed by atoms with van der Waals surface area (Å²) in [6, 6.07) is 4.33. The number of anilines is 1. The quantitative estimate of drug-likeness (QED) is 0.795. The highest BCUT2D eigenvalue weighted by atomic mass is 79.9. The second-order valence-corrected chi connectivity index (χ2v) is 6.21. The largest absolute Gasteiger partial charge is 0.270 e. The molecule has 82 valence electrons. The van der Waals surface area contributed by atoms with Crippen molar-refractivity contribution in [1.29, 1.82) is 0 Å². The van der Waals surface area contributed by atoms with Crippen molar-refractivity contribution in [1.82, 2.24) is 0 Å². The Bertz CT molecular complexity index is 489. The number of hydrogen-bond donors (Lipinski definition) is 0. The molecule has 1 heterocycles. The summed E-state index contributed by atoms with van der Waals surface area (Å²) in [7, 11) is -3.22. The van der Waals surface area contributed by atoms with Gasteiger partial charge in [-0.2, -0.15) is 0 Å². The highest BCUT2D eigenvalue weighted by Crippen LogP contribution is 2.27. The van der Waals surface area contributed by atoms with Crippen LogP contribution in [0.15, 0.2) is 22.7 Å². The van der Waals surface area contributed by atoms with E-state index in [1.165, 1.54) is 16.4 Å². The Morgan fingerprint density at radius 3 is 2.67 bits per heavy atom. The van der Waals surface area contributed by atoms with Crippen molar-refractivity contribution in [3.63, 3.8) is 0 Å². The molecule has 1 saturated heterocycles. The summed E-state index contributed by atoms with van der Waals surface area (Å²) in [5, 5.41) is 0. The van der Waals surface area contributed by atoms with E-state index >= 15 is 0 Å². The molecule has 6 heteroatoms. The predicted octanol–water partition coefficient (Wildman–Crippen LogP) is 2.13. The molecule has 15 heavy (non-hydrogen) atoms. The first-order valence-corrected chi connectivity index (χ1v) is 6.86. The lowest BCUT2D eigenvalue weighted by molar-refractivity contribution is 0.599. The lowest BCUT2D eigenvalue weighted by Crippen LogP contribution is -2.25. The second-order valence-electron chi connectivity index (χ2n) is 3.34. The Labute approximate surface area is 96.1 Å². The van der Waals surface area contributed by atoms with Crippen LogP contribution in [0, 0.1) is 5.82 Å². The van der Waals surface area contributed by atoms with Gasteiger partial charge in [-0.3, -0.25) is 4.31 Å². The van der Waals surface area contributed by atoms with Crippen LogP contribution in [0.2, 0.25) is 0 Å². The van der Waals surface area contributed by atoms with Gasteiger partial charge in [-0.25, -0.2) is 12.8 Å². The summed E-state index contributed by atoms with van der Waals surface area (Å²) in [4.78, 5) is 0. The van der Waals surface area contributed by atoms with Crippen LogP contribution < -0.4 is 4.31 Å². The van der Waals surface area contributed by atoms with Crippen LogP contribution in [0.4, 0.5) is 10.1 Å². The van der Waals surface area contributed by atoms with Gasteiger partial charge in [0.15, 0.2) is 0 Å². The SMILES string of the molecule is O=S1(=O)CCCN1c1ccc(Br)c(F)c1. The number of benzene rings is 1. The summed E-state index contributed by atoms with van der Waals surface area (Å²) in [6.45, 7) is 0.434. The van der Waals surface area contributed by atoms with E-state index in [-0.39, 0.29) is 5.75 Å². The molecule has 2 rings (SSSR count). The topological polar surface area (TPSA) is 37.4 Å². The molecule has 0 spiro atoms. The standard InChI is InChI=1S/C9H9BrFNO2S/c10-8-3-2-7(6-9(8)11)12-4-1-5-15(12,13)14/h2-3,6H,1,4-5H2. The zero-order valence-corrected chi connectivity index (χ0v) is 10.2. The van der Waals surface area contributed by atoms with Crippen LogP contribution in [-0.4, -0.2) is 20.7 Å². The molecule has 0 saturated carbocycles. The fourth-order valence-electron chi connectivity index (χ4n) is 1.57. The third-order valence-corrected chi connectivity index (χ3v) is 4.80. The maximum absolute atomic E-state index is 13.2. The second kappa shape index (κ2) is 3.75. The first-order chi connectivity index (χ1) is 7.00. The van der Waals surface area contributed by atoms with Gasteiger partial charge in [0.25, 0.3) is 0 Å².